The second-order valence-electron chi connectivity index (χ2n) is 7.30. The predicted molar refractivity (Wildman–Crippen MR) is 105 cm³/mol. The maximum absolute atomic E-state index is 12.4. The molecule has 2 atom stereocenters. The van der Waals surface area contributed by atoms with Gasteiger partial charge in [-0.25, -0.2) is 0 Å². The highest BCUT2D eigenvalue weighted by molar-refractivity contribution is 5.83. The Kier molecular flexibility index (Phi) is 12.9. The summed E-state index contributed by atoms with van der Waals surface area (Å²) in [5, 5.41) is 0. The molecule has 0 aromatic heterocycles. The number of carbonyl (C=O) groups is 2. The number of carbonyl (C=O) groups excluding carboxylic acids is 2. The van der Waals surface area contributed by atoms with Gasteiger partial charge in [0.05, 0.1) is 25.0 Å². The van der Waals surface area contributed by atoms with Crippen molar-refractivity contribution >= 4 is 11.9 Å². The van der Waals surface area contributed by atoms with E-state index in [4.69, 9.17) is 9.47 Å². The standard InChI is InChI=1S/C22H38O4/c1-3-5-7-8-9-10-11-14-18-26-22(24)20-16-13-12-15-19(20)21(23)25-17-6-4-2/h12,15,19-20H,3-11,13-14,16-18H2,1-2H3. The third kappa shape index (κ3) is 9.40. The van der Waals surface area contributed by atoms with E-state index in [2.05, 4.69) is 13.8 Å². The Labute approximate surface area is 159 Å². The SMILES string of the molecule is CCCCCCCCCCOC(=O)C1CCC=CC1C(=O)OCCCC. The molecular weight excluding hydrogens is 328 g/mol. The first-order chi connectivity index (χ1) is 12.7. The van der Waals surface area contributed by atoms with E-state index in [0.29, 0.717) is 19.6 Å². The maximum Gasteiger partial charge on any atom is 0.313 e. The van der Waals surface area contributed by atoms with E-state index < -0.39 is 5.92 Å². The van der Waals surface area contributed by atoms with E-state index in [0.717, 1.165) is 32.1 Å². The molecule has 0 fully saturated rings. The molecule has 0 amide bonds. The number of ether oxygens (including phenoxy) is 2. The molecule has 0 radical (unpaired) electrons. The van der Waals surface area contributed by atoms with E-state index in [1.54, 1.807) is 0 Å². The molecular formula is C22H38O4. The summed E-state index contributed by atoms with van der Waals surface area (Å²) in [6, 6.07) is 0. The highest BCUT2D eigenvalue weighted by Crippen LogP contribution is 2.27. The Bertz CT molecular complexity index is 416. The molecule has 4 nitrogen and oxygen atoms in total. The second-order valence-corrected chi connectivity index (χ2v) is 7.30. The Morgan fingerprint density at radius 1 is 0.808 bits per heavy atom. The van der Waals surface area contributed by atoms with Gasteiger partial charge in [-0.1, -0.05) is 77.4 Å². The van der Waals surface area contributed by atoms with Crippen LogP contribution in [-0.2, 0) is 19.1 Å². The van der Waals surface area contributed by atoms with Gasteiger partial charge in [0, 0.05) is 0 Å². The van der Waals surface area contributed by atoms with Crippen LogP contribution in [0.15, 0.2) is 12.2 Å². The van der Waals surface area contributed by atoms with Crippen molar-refractivity contribution in [3.8, 4) is 0 Å². The van der Waals surface area contributed by atoms with Crippen LogP contribution in [0.2, 0.25) is 0 Å². The Morgan fingerprint density at radius 3 is 2.08 bits per heavy atom. The van der Waals surface area contributed by atoms with Crippen LogP contribution in [0.25, 0.3) is 0 Å². The molecule has 0 saturated heterocycles. The summed E-state index contributed by atoms with van der Waals surface area (Å²) in [5.74, 6) is -1.40. The zero-order valence-corrected chi connectivity index (χ0v) is 16.8. The number of esters is 2. The smallest absolute Gasteiger partial charge is 0.313 e. The van der Waals surface area contributed by atoms with Crippen LogP contribution in [0, 0.1) is 11.8 Å². The highest BCUT2D eigenvalue weighted by atomic mass is 16.5. The fourth-order valence-corrected chi connectivity index (χ4v) is 3.27. The largest absolute Gasteiger partial charge is 0.465 e. The predicted octanol–water partition coefficient (Wildman–Crippen LogP) is 5.60. The van der Waals surface area contributed by atoms with Crippen molar-refractivity contribution in [2.45, 2.75) is 90.9 Å². The molecule has 26 heavy (non-hydrogen) atoms. The molecule has 0 spiro atoms. The minimum atomic E-state index is -0.480. The van der Waals surface area contributed by atoms with Crippen LogP contribution < -0.4 is 0 Å². The Morgan fingerprint density at radius 2 is 1.38 bits per heavy atom. The molecule has 0 bridgehead atoms. The van der Waals surface area contributed by atoms with E-state index >= 15 is 0 Å². The molecule has 150 valence electrons. The number of hydrogen-bond acceptors (Lipinski definition) is 4. The lowest BCUT2D eigenvalue weighted by Gasteiger charge is -2.24. The average Bonchev–Trinajstić information content (AvgIpc) is 2.66. The molecule has 1 aliphatic carbocycles. The summed E-state index contributed by atoms with van der Waals surface area (Å²) in [5.41, 5.74) is 0. The van der Waals surface area contributed by atoms with Crippen molar-refractivity contribution in [3.05, 3.63) is 12.2 Å². The molecule has 0 heterocycles. The van der Waals surface area contributed by atoms with Crippen molar-refractivity contribution in [1.82, 2.24) is 0 Å². The quantitative estimate of drug-likeness (QED) is 0.228. The lowest BCUT2D eigenvalue weighted by molar-refractivity contribution is -0.159. The first-order valence-electron chi connectivity index (χ1n) is 10.7. The molecule has 0 aliphatic heterocycles. The first kappa shape index (κ1) is 22.7. The van der Waals surface area contributed by atoms with Gasteiger partial charge >= 0.3 is 11.9 Å². The normalized spacial score (nSPS) is 19.3. The van der Waals surface area contributed by atoms with Crippen molar-refractivity contribution in [1.29, 1.82) is 0 Å². The minimum Gasteiger partial charge on any atom is -0.465 e. The minimum absolute atomic E-state index is 0.241. The Balaban J connectivity index is 2.22. The molecule has 1 aliphatic rings. The number of allylic oxidation sites excluding steroid dienone is 1. The van der Waals surface area contributed by atoms with Gasteiger partial charge in [-0.2, -0.15) is 0 Å². The topological polar surface area (TPSA) is 52.6 Å². The van der Waals surface area contributed by atoms with Crippen LogP contribution in [0.4, 0.5) is 0 Å². The van der Waals surface area contributed by atoms with Crippen LogP contribution in [-0.4, -0.2) is 25.2 Å². The third-order valence-corrected chi connectivity index (χ3v) is 4.98. The maximum atomic E-state index is 12.4. The molecule has 0 aromatic rings. The van der Waals surface area contributed by atoms with Gasteiger partial charge in [0.2, 0.25) is 0 Å². The average molecular weight is 367 g/mol. The van der Waals surface area contributed by atoms with E-state index in [1.165, 1.54) is 38.5 Å². The summed E-state index contributed by atoms with van der Waals surface area (Å²) >= 11 is 0. The summed E-state index contributed by atoms with van der Waals surface area (Å²) < 4.78 is 10.8. The van der Waals surface area contributed by atoms with Gasteiger partial charge in [-0.3, -0.25) is 9.59 Å². The van der Waals surface area contributed by atoms with E-state index in [-0.39, 0.29) is 17.9 Å². The van der Waals surface area contributed by atoms with Crippen molar-refractivity contribution < 1.29 is 19.1 Å². The van der Waals surface area contributed by atoms with Crippen molar-refractivity contribution in [3.63, 3.8) is 0 Å². The molecule has 0 saturated carbocycles. The zero-order valence-electron chi connectivity index (χ0n) is 16.8. The van der Waals surface area contributed by atoms with Crippen molar-refractivity contribution in [2.24, 2.45) is 11.8 Å². The van der Waals surface area contributed by atoms with Crippen LogP contribution >= 0.6 is 0 Å². The van der Waals surface area contributed by atoms with E-state index in [9.17, 15) is 9.59 Å². The molecule has 2 unspecified atom stereocenters. The van der Waals surface area contributed by atoms with Crippen LogP contribution in [0.3, 0.4) is 0 Å². The van der Waals surface area contributed by atoms with Gasteiger partial charge in [-0.15, -0.1) is 0 Å². The van der Waals surface area contributed by atoms with Gasteiger partial charge in [0.1, 0.15) is 0 Å². The zero-order chi connectivity index (χ0) is 19.0. The summed E-state index contributed by atoms with van der Waals surface area (Å²) in [4.78, 5) is 24.6. The highest BCUT2D eigenvalue weighted by Gasteiger charge is 2.35. The van der Waals surface area contributed by atoms with Gasteiger partial charge < -0.3 is 9.47 Å². The van der Waals surface area contributed by atoms with Gasteiger partial charge in [0.15, 0.2) is 0 Å². The molecule has 0 aromatic carbocycles. The number of hydrogen-bond donors (Lipinski definition) is 0. The molecule has 1 rings (SSSR count). The lowest BCUT2D eigenvalue weighted by atomic mass is 9.84. The summed E-state index contributed by atoms with van der Waals surface area (Å²) in [7, 11) is 0. The fraction of sp³-hybridized carbons (Fsp3) is 0.818. The Hall–Kier alpha value is -1.32. The summed E-state index contributed by atoms with van der Waals surface area (Å²) in [6.45, 7) is 5.18. The van der Waals surface area contributed by atoms with Crippen molar-refractivity contribution in [2.75, 3.05) is 13.2 Å². The molecule has 4 heteroatoms. The first-order valence-corrected chi connectivity index (χ1v) is 10.7. The van der Waals surface area contributed by atoms with Gasteiger partial charge in [-0.05, 0) is 25.7 Å². The fourth-order valence-electron chi connectivity index (χ4n) is 3.27. The molecule has 0 N–H and O–H groups in total. The monoisotopic (exact) mass is 366 g/mol. The van der Waals surface area contributed by atoms with Crippen LogP contribution in [0.1, 0.15) is 90.9 Å². The number of rotatable bonds is 14. The number of unbranched alkanes of at least 4 members (excludes halogenated alkanes) is 8. The third-order valence-electron chi connectivity index (χ3n) is 4.98. The van der Waals surface area contributed by atoms with Gasteiger partial charge in [0.25, 0.3) is 0 Å². The summed E-state index contributed by atoms with van der Waals surface area (Å²) in [6.07, 6.45) is 16.8. The van der Waals surface area contributed by atoms with E-state index in [1.807, 2.05) is 12.2 Å². The lowest BCUT2D eigenvalue weighted by Crippen LogP contribution is -2.33. The second kappa shape index (κ2) is 14.8. The van der Waals surface area contributed by atoms with Crippen LogP contribution in [0.5, 0.6) is 0 Å².